The summed E-state index contributed by atoms with van der Waals surface area (Å²) >= 11 is 0. The molecular formula is C18H30O2. The van der Waals surface area contributed by atoms with E-state index in [4.69, 9.17) is 9.84 Å². The molecule has 114 valence electrons. The second-order valence-electron chi connectivity index (χ2n) is 5.49. The highest BCUT2D eigenvalue weighted by atomic mass is 16.5. The van der Waals surface area contributed by atoms with Crippen molar-refractivity contribution in [3.05, 3.63) is 35.9 Å². The highest BCUT2D eigenvalue weighted by Crippen LogP contribution is 2.14. The van der Waals surface area contributed by atoms with Crippen LogP contribution in [-0.4, -0.2) is 17.8 Å². The summed E-state index contributed by atoms with van der Waals surface area (Å²) in [6, 6.07) is 10.3. The van der Waals surface area contributed by atoms with Crippen LogP contribution in [0.15, 0.2) is 30.3 Å². The summed E-state index contributed by atoms with van der Waals surface area (Å²) in [5.74, 6) is 0. The number of unbranched alkanes of at least 4 members (excludes halogenated alkanes) is 5. The number of ether oxygens (including phenoxy) is 1. The first kappa shape index (κ1) is 17.2. The summed E-state index contributed by atoms with van der Waals surface area (Å²) in [7, 11) is 0. The van der Waals surface area contributed by atoms with Gasteiger partial charge in [0.2, 0.25) is 0 Å². The molecule has 1 atom stereocenters. The lowest BCUT2D eigenvalue weighted by molar-refractivity contribution is 0.0174. The highest BCUT2D eigenvalue weighted by molar-refractivity contribution is 5.13. The summed E-state index contributed by atoms with van der Waals surface area (Å²) in [5.41, 5.74) is 1.21. The predicted molar refractivity (Wildman–Crippen MR) is 84.7 cm³/mol. The van der Waals surface area contributed by atoms with Gasteiger partial charge in [-0.1, -0.05) is 75.8 Å². The molecule has 0 saturated carbocycles. The molecule has 0 unspecified atom stereocenters. The van der Waals surface area contributed by atoms with Gasteiger partial charge in [-0.15, -0.1) is 0 Å². The van der Waals surface area contributed by atoms with Gasteiger partial charge in [-0.25, -0.2) is 0 Å². The van der Waals surface area contributed by atoms with E-state index >= 15 is 0 Å². The van der Waals surface area contributed by atoms with Gasteiger partial charge < -0.3 is 9.84 Å². The molecule has 2 heteroatoms. The zero-order valence-corrected chi connectivity index (χ0v) is 12.9. The first-order valence-corrected chi connectivity index (χ1v) is 8.13. The van der Waals surface area contributed by atoms with Crippen LogP contribution in [0.5, 0.6) is 0 Å². The van der Waals surface area contributed by atoms with E-state index < -0.39 is 0 Å². The van der Waals surface area contributed by atoms with Crippen LogP contribution in [0.2, 0.25) is 0 Å². The molecule has 0 heterocycles. The van der Waals surface area contributed by atoms with E-state index in [9.17, 15) is 0 Å². The van der Waals surface area contributed by atoms with E-state index in [0.29, 0.717) is 6.61 Å². The highest BCUT2D eigenvalue weighted by Gasteiger charge is 2.08. The summed E-state index contributed by atoms with van der Waals surface area (Å²) in [6.45, 7) is 3.12. The topological polar surface area (TPSA) is 29.5 Å². The molecule has 0 aromatic heterocycles. The van der Waals surface area contributed by atoms with E-state index in [0.717, 1.165) is 12.8 Å². The molecule has 0 aliphatic rings. The molecule has 20 heavy (non-hydrogen) atoms. The number of aliphatic hydroxyl groups excluding tert-OH is 1. The van der Waals surface area contributed by atoms with Crippen molar-refractivity contribution in [2.75, 3.05) is 6.61 Å². The van der Waals surface area contributed by atoms with Gasteiger partial charge in [-0.05, 0) is 18.4 Å². The van der Waals surface area contributed by atoms with Crippen LogP contribution in [0, 0.1) is 0 Å². The summed E-state index contributed by atoms with van der Waals surface area (Å²) in [6.07, 6.45) is 9.86. The zero-order chi connectivity index (χ0) is 14.5. The maximum atomic E-state index is 9.13. The van der Waals surface area contributed by atoms with Crippen LogP contribution in [0.3, 0.4) is 0 Å². The van der Waals surface area contributed by atoms with Gasteiger partial charge >= 0.3 is 0 Å². The van der Waals surface area contributed by atoms with Crippen molar-refractivity contribution < 1.29 is 9.84 Å². The third-order valence-electron chi connectivity index (χ3n) is 3.66. The molecule has 2 nitrogen and oxygen atoms in total. The van der Waals surface area contributed by atoms with Crippen molar-refractivity contribution >= 4 is 0 Å². The van der Waals surface area contributed by atoms with E-state index in [1.165, 1.54) is 44.1 Å². The van der Waals surface area contributed by atoms with Crippen molar-refractivity contribution in [1.82, 2.24) is 0 Å². The quantitative estimate of drug-likeness (QED) is 0.561. The van der Waals surface area contributed by atoms with Gasteiger partial charge in [0.1, 0.15) is 0 Å². The Morgan fingerprint density at radius 2 is 1.65 bits per heavy atom. The van der Waals surface area contributed by atoms with Gasteiger partial charge in [0.05, 0.1) is 12.7 Å². The predicted octanol–water partition coefficient (Wildman–Crippen LogP) is 4.70. The Balaban J connectivity index is 2.16. The van der Waals surface area contributed by atoms with Gasteiger partial charge in [0.25, 0.3) is 0 Å². The van der Waals surface area contributed by atoms with Crippen molar-refractivity contribution in [2.24, 2.45) is 0 Å². The van der Waals surface area contributed by atoms with Gasteiger partial charge in [-0.2, -0.15) is 0 Å². The largest absolute Gasteiger partial charge is 0.396 e. The van der Waals surface area contributed by atoms with Crippen molar-refractivity contribution in [1.29, 1.82) is 0 Å². The molecule has 1 aromatic rings. The average Bonchev–Trinajstić information content (AvgIpc) is 2.49. The first-order chi connectivity index (χ1) is 9.86. The molecule has 0 saturated heterocycles. The van der Waals surface area contributed by atoms with Crippen molar-refractivity contribution in [2.45, 2.75) is 71.0 Å². The maximum Gasteiger partial charge on any atom is 0.0720 e. The molecule has 0 bridgehead atoms. The third kappa shape index (κ3) is 8.34. The second-order valence-corrected chi connectivity index (χ2v) is 5.49. The first-order valence-electron chi connectivity index (χ1n) is 8.13. The van der Waals surface area contributed by atoms with Crippen LogP contribution in [-0.2, 0) is 11.3 Å². The molecule has 0 radical (unpaired) electrons. The fourth-order valence-electron chi connectivity index (χ4n) is 2.40. The molecule has 0 amide bonds. The van der Waals surface area contributed by atoms with Crippen LogP contribution >= 0.6 is 0 Å². The van der Waals surface area contributed by atoms with Crippen LogP contribution in [0.4, 0.5) is 0 Å². The minimum absolute atomic E-state index is 0.200. The molecule has 1 rings (SSSR count). The van der Waals surface area contributed by atoms with E-state index in [1.807, 2.05) is 18.2 Å². The third-order valence-corrected chi connectivity index (χ3v) is 3.66. The number of rotatable bonds is 12. The Bertz CT molecular complexity index is 310. The van der Waals surface area contributed by atoms with Crippen molar-refractivity contribution in [3.63, 3.8) is 0 Å². The summed E-state index contributed by atoms with van der Waals surface area (Å²) in [4.78, 5) is 0. The fraction of sp³-hybridized carbons (Fsp3) is 0.667. The fourth-order valence-corrected chi connectivity index (χ4v) is 2.40. The molecule has 0 fully saturated rings. The second kappa shape index (κ2) is 11.9. The van der Waals surface area contributed by atoms with Crippen molar-refractivity contribution in [3.8, 4) is 0 Å². The molecule has 0 aliphatic carbocycles. The van der Waals surface area contributed by atoms with E-state index in [-0.39, 0.29) is 12.7 Å². The van der Waals surface area contributed by atoms with Crippen LogP contribution < -0.4 is 0 Å². The molecule has 0 spiro atoms. The lowest BCUT2D eigenvalue weighted by atomic mass is 10.1. The Morgan fingerprint density at radius 3 is 2.35 bits per heavy atom. The summed E-state index contributed by atoms with van der Waals surface area (Å²) < 4.78 is 5.94. The number of aliphatic hydroxyl groups is 1. The molecule has 0 aliphatic heterocycles. The number of benzene rings is 1. The molecule has 1 N–H and O–H groups in total. The van der Waals surface area contributed by atoms with Gasteiger partial charge in [0.15, 0.2) is 0 Å². The minimum atomic E-state index is 0.200. The minimum Gasteiger partial charge on any atom is -0.396 e. The van der Waals surface area contributed by atoms with E-state index in [2.05, 4.69) is 19.1 Å². The number of hydrogen-bond acceptors (Lipinski definition) is 2. The Kier molecular flexibility index (Phi) is 10.3. The molecular weight excluding hydrogens is 248 g/mol. The van der Waals surface area contributed by atoms with E-state index in [1.54, 1.807) is 0 Å². The Hall–Kier alpha value is -0.860. The lowest BCUT2D eigenvalue weighted by Crippen LogP contribution is -2.14. The summed E-state index contributed by atoms with van der Waals surface area (Å²) in [5, 5.41) is 9.13. The standard InChI is InChI=1S/C18H30O2/c1-2-3-4-5-6-10-13-18(14-15-19)20-16-17-11-8-7-9-12-17/h7-9,11-12,18-19H,2-6,10,13-16H2,1H3/t18-/m0/s1. The van der Waals surface area contributed by atoms with Crippen LogP contribution in [0.25, 0.3) is 0 Å². The smallest absolute Gasteiger partial charge is 0.0720 e. The zero-order valence-electron chi connectivity index (χ0n) is 12.9. The Morgan fingerprint density at radius 1 is 0.950 bits per heavy atom. The molecule has 1 aromatic carbocycles. The van der Waals surface area contributed by atoms with Gasteiger partial charge in [-0.3, -0.25) is 0 Å². The van der Waals surface area contributed by atoms with Crippen LogP contribution in [0.1, 0.15) is 63.9 Å². The monoisotopic (exact) mass is 278 g/mol. The Labute approximate surface area is 124 Å². The van der Waals surface area contributed by atoms with Gasteiger partial charge in [0, 0.05) is 6.61 Å². The average molecular weight is 278 g/mol. The SMILES string of the molecule is CCCCCCCC[C@@H](CCO)OCc1ccccc1. The normalized spacial score (nSPS) is 12.5. The number of hydrogen-bond donors (Lipinski definition) is 1. The lowest BCUT2D eigenvalue weighted by Gasteiger charge is -2.17. The maximum absolute atomic E-state index is 9.13.